The van der Waals surface area contributed by atoms with Crippen LogP contribution in [0.2, 0.25) is 0 Å². The lowest BCUT2D eigenvalue weighted by molar-refractivity contribution is -0.113. The molecule has 0 atom stereocenters. The van der Waals surface area contributed by atoms with E-state index in [-0.39, 0.29) is 16.9 Å². The Bertz CT molecular complexity index is 919. The molecule has 146 valence electrons. The van der Waals surface area contributed by atoms with Crippen LogP contribution in [0, 0.1) is 0 Å². The van der Waals surface area contributed by atoms with E-state index in [0.29, 0.717) is 28.2 Å². The maximum absolute atomic E-state index is 12.3. The van der Waals surface area contributed by atoms with Crippen LogP contribution in [0.5, 0.6) is 5.75 Å². The lowest BCUT2D eigenvalue weighted by Gasteiger charge is -2.05. The van der Waals surface area contributed by atoms with Crippen LogP contribution in [0.3, 0.4) is 0 Å². The molecular weight excluding hydrogens is 408 g/mol. The van der Waals surface area contributed by atoms with Crippen molar-refractivity contribution >= 4 is 35.1 Å². The van der Waals surface area contributed by atoms with Crippen LogP contribution in [0.1, 0.15) is 0 Å². The summed E-state index contributed by atoms with van der Waals surface area (Å²) in [5.74, 6) is -1.62. The first-order valence-corrected chi connectivity index (χ1v) is 9.85. The van der Waals surface area contributed by atoms with Gasteiger partial charge in [0.05, 0.1) is 12.9 Å². The predicted octanol–water partition coefficient (Wildman–Crippen LogP) is 4.79. The second kappa shape index (κ2) is 9.56. The van der Waals surface area contributed by atoms with Crippen molar-refractivity contribution in [1.82, 2.24) is 10.2 Å². The van der Waals surface area contributed by atoms with Crippen molar-refractivity contribution in [2.75, 3.05) is 18.2 Å². The number of nitrogens with one attached hydrogen (secondary N) is 1. The number of amides is 1. The van der Waals surface area contributed by atoms with Crippen molar-refractivity contribution in [3.05, 3.63) is 48.5 Å². The zero-order chi connectivity index (χ0) is 19.9. The summed E-state index contributed by atoms with van der Waals surface area (Å²) in [7, 11) is 1.58. The number of halogens is 2. The number of carbonyl (C=O) groups excluding carboxylic acids is 1. The number of alkyl halides is 2. The Labute approximate surface area is 168 Å². The maximum Gasteiger partial charge on any atom is 0.288 e. The van der Waals surface area contributed by atoms with Gasteiger partial charge in [0.1, 0.15) is 5.75 Å². The van der Waals surface area contributed by atoms with Gasteiger partial charge in [0.2, 0.25) is 11.8 Å². The molecule has 0 aliphatic heterocycles. The third-order valence-electron chi connectivity index (χ3n) is 3.43. The van der Waals surface area contributed by atoms with E-state index < -0.39 is 5.76 Å². The SMILES string of the molecule is COc1ccc(-c2nnc(SCC(=O)Nc3ccc(SC(F)F)cc3)o2)cc1. The topological polar surface area (TPSA) is 77.2 Å². The first-order valence-electron chi connectivity index (χ1n) is 7.99. The van der Waals surface area contributed by atoms with Gasteiger partial charge in [-0.05, 0) is 48.5 Å². The Morgan fingerprint density at radius 3 is 2.50 bits per heavy atom. The van der Waals surface area contributed by atoms with Crippen LogP contribution in [0.25, 0.3) is 11.5 Å². The van der Waals surface area contributed by atoms with Crippen LogP contribution in [0.15, 0.2) is 63.1 Å². The van der Waals surface area contributed by atoms with E-state index in [2.05, 4.69) is 15.5 Å². The fourth-order valence-corrected chi connectivity index (χ4v) is 3.22. The van der Waals surface area contributed by atoms with E-state index in [4.69, 9.17) is 9.15 Å². The molecule has 3 aromatic rings. The molecule has 3 rings (SSSR count). The highest BCUT2D eigenvalue weighted by Crippen LogP contribution is 2.27. The molecule has 0 bridgehead atoms. The van der Waals surface area contributed by atoms with E-state index >= 15 is 0 Å². The molecule has 1 aromatic heterocycles. The quantitative estimate of drug-likeness (QED) is 0.522. The highest BCUT2D eigenvalue weighted by molar-refractivity contribution is 7.99. The fraction of sp³-hybridized carbons (Fsp3) is 0.167. The highest BCUT2D eigenvalue weighted by Gasteiger charge is 2.12. The van der Waals surface area contributed by atoms with E-state index in [9.17, 15) is 13.6 Å². The van der Waals surface area contributed by atoms with Crippen molar-refractivity contribution in [1.29, 1.82) is 0 Å². The smallest absolute Gasteiger partial charge is 0.288 e. The summed E-state index contributed by atoms with van der Waals surface area (Å²) in [4.78, 5) is 12.5. The van der Waals surface area contributed by atoms with E-state index in [1.54, 1.807) is 43.5 Å². The Morgan fingerprint density at radius 2 is 1.86 bits per heavy atom. The number of aromatic nitrogens is 2. The van der Waals surface area contributed by atoms with E-state index in [0.717, 1.165) is 23.1 Å². The van der Waals surface area contributed by atoms with Crippen LogP contribution in [0.4, 0.5) is 14.5 Å². The summed E-state index contributed by atoms with van der Waals surface area (Å²) in [5.41, 5.74) is 1.26. The van der Waals surface area contributed by atoms with Gasteiger partial charge in [-0.25, -0.2) is 0 Å². The first-order chi connectivity index (χ1) is 13.5. The number of benzene rings is 2. The number of carbonyl (C=O) groups is 1. The molecule has 0 unspecified atom stereocenters. The van der Waals surface area contributed by atoms with Crippen LogP contribution in [-0.4, -0.2) is 34.7 Å². The molecule has 1 amide bonds. The summed E-state index contributed by atoms with van der Waals surface area (Å²) in [6, 6.07) is 13.4. The number of hydrogen-bond donors (Lipinski definition) is 1. The summed E-state index contributed by atoms with van der Waals surface area (Å²) in [6.07, 6.45) is 0. The van der Waals surface area contributed by atoms with Crippen LogP contribution >= 0.6 is 23.5 Å². The fourth-order valence-electron chi connectivity index (χ4n) is 2.16. The number of hydrogen-bond acceptors (Lipinski definition) is 7. The van der Waals surface area contributed by atoms with Crippen molar-refractivity contribution in [3.63, 3.8) is 0 Å². The second-order valence-electron chi connectivity index (χ2n) is 5.34. The van der Waals surface area contributed by atoms with Gasteiger partial charge in [-0.2, -0.15) is 8.78 Å². The summed E-state index contributed by atoms with van der Waals surface area (Å²) in [6.45, 7) is 0. The van der Waals surface area contributed by atoms with E-state index in [1.807, 2.05) is 0 Å². The van der Waals surface area contributed by atoms with Gasteiger partial charge < -0.3 is 14.5 Å². The maximum atomic E-state index is 12.3. The normalized spacial score (nSPS) is 10.9. The van der Waals surface area contributed by atoms with Gasteiger partial charge in [0.15, 0.2) is 0 Å². The van der Waals surface area contributed by atoms with Crippen molar-refractivity contribution in [2.45, 2.75) is 15.9 Å². The molecule has 0 aliphatic carbocycles. The molecule has 0 fully saturated rings. The minimum absolute atomic E-state index is 0.0672. The summed E-state index contributed by atoms with van der Waals surface area (Å²) < 4.78 is 35.2. The minimum Gasteiger partial charge on any atom is -0.497 e. The molecule has 10 heteroatoms. The molecule has 0 radical (unpaired) electrons. The van der Waals surface area contributed by atoms with Gasteiger partial charge in [-0.15, -0.1) is 10.2 Å². The largest absolute Gasteiger partial charge is 0.497 e. The van der Waals surface area contributed by atoms with Crippen LogP contribution in [-0.2, 0) is 4.79 Å². The molecule has 0 saturated carbocycles. The number of nitrogens with zero attached hydrogens (tertiary/aromatic N) is 2. The summed E-state index contributed by atoms with van der Waals surface area (Å²) in [5, 5.41) is 10.8. The molecular formula is C18H15F2N3O3S2. The first kappa shape index (κ1) is 20.2. The molecule has 0 saturated heterocycles. The monoisotopic (exact) mass is 423 g/mol. The standard InChI is InChI=1S/C18H15F2N3O3S2/c1-25-13-6-2-11(3-7-13)16-22-23-18(26-16)27-10-15(24)21-12-4-8-14(9-5-12)28-17(19)20/h2-9,17H,10H2,1H3,(H,21,24). The number of anilines is 1. The lowest BCUT2D eigenvalue weighted by Crippen LogP contribution is -2.13. The third-order valence-corrected chi connectivity index (χ3v) is 4.97. The molecule has 1 heterocycles. The Morgan fingerprint density at radius 1 is 1.14 bits per heavy atom. The van der Waals surface area contributed by atoms with Gasteiger partial charge in [-0.1, -0.05) is 23.5 Å². The Kier molecular flexibility index (Phi) is 6.88. The average Bonchev–Trinajstić information content (AvgIpc) is 3.17. The van der Waals surface area contributed by atoms with Gasteiger partial charge in [-0.3, -0.25) is 4.79 Å². The van der Waals surface area contributed by atoms with E-state index in [1.165, 1.54) is 12.1 Å². The minimum atomic E-state index is -2.48. The third kappa shape index (κ3) is 5.70. The molecule has 6 nitrogen and oxygen atoms in total. The molecule has 0 spiro atoms. The average molecular weight is 423 g/mol. The Balaban J connectivity index is 1.51. The zero-order valence-corrected chi connectivity index (χ0v) is 16.2. The van der Waals surface area contributed by atoms with Gasteiger partial charge in [0.25, 0.3) is 11.0 Å². The number of methoxy groups -OCH3 is 1. The van der Waals surface area contributed by atoms with Crippen molar-refractivity contribution in [3.8, 4) is 17.2 Å². The molecule has 0 aliphatic rings. The lowest BCUT2D eigenvalue weighted by atomic mass is 10.2. The number of rotatable bonds is 8. The molecule has 2 aromatic carbocycles. The van der Waals surface area contributed by atoms with Crippen molar-refractivity contribution in [2.24, 2.45) is 0 Å². The number of ether oxygens (including phenoxy) is 1. The van der Waals surface area contributed by atoms with Crippen LogP contribution < -0.4 is 10.1 Å². The van der Waals surface area contributed by atoms with Crippen molar-refractivity contribution < 1.29 is 22.7 Å². The predicted molar refractivity (Wildman–Crippen MR) is 104 cm³/mol. The molecule has 28 heavy (non-hydrogen) atoms. The second-order valence-corrected chi connectivity index (χ2v) is 7.33. The number of thioether (sulfide) groups is 2. The Hall–Kier alpha value is -2.59. The summed E-state index contributed by atoms with van der Waals surface area (Å²) >= 11 is 1.55. The van der Waals surface area contributed by atoms with Gasteiger partial charge >= 0.3 is 0 Å². The van der Waals surface area contributed by atoms with Gasteiger partial charge in [0, 0.05) is 16.1 Å². The highest BCUT2D eigenvalue weighted by atomic mass is 32.2. The molecule has 1 N–H and O–H groups in total. The zero-order valence-electron chi connectivity index (χ0n) is 14.6.